The molecule has 2 aromatic rings. The van der Waals surface area contributed by atoms with E-state index in [4.69, 9.17) is 21.1 Å². The average molecular weight is 332 g/mol. The first-order valence-corrected chi connectivity index (χ1v) is 7.94. The number of ether oxygens (including phenoxy) is 2. The van der Waals surface area contributed by atoms with Crippen molar-refractivity contribution in [3.8, 4) is 11.5 Å². The van der Waals surface area contributed by atoms with Gasteiger partial charge in [-0.3, -0.25) is 4.79 Å². The Bertz CT molecular complexity index is 713. The molecule has 0 spiro atoms. The number of nitrogens with one attached hydrogen (secondary N) is 1. The monoisotopic (exact) mass is 331 g/mol. The zero-order valence-corrected chi connectivity index (χ0v) is 13.7. The highest BCUT2D eigenvalue weighted by molar-refractivity contribution is 6.34. The van der Waals surface area contributed by atoms with Crippen LogP contribution in [0.1, 0.15) is 17.5 Å². The molecule has 120 valence electrons. The molecule has 1 aliphatic heterocycles. The van der Waals surface area contributed by atoms with E-state index in [1.807, 2.05) is 31.2 Å². The molecule has 4 nitrogen and oxygen atoms in total. The van der Waals surface area contributed by atoms with Gasteiger partial charge >= 0.3 is 0 Å². The first-order chi connectivity index (χ1) is 11.1. The number of carbonyl (C=O) groups excluding carboxylic acids is 1. The number of benzene rings is 2. The van der Waals surface area contributed by atoms with Crippen LogP contribution in [0, 0.1) is 6.92 Å². The maximum atomic E-state index is 12.2. The lowest BCUT2D eigenvalue weighted by atomic mass is 10.1. The van der Waals surface area contributed by atoms with Crippen molar-refractivity contribution in [2.45, 2.75) is 19.8 Å². The van der Waals surface area contributed by atoms with Crippen molar-refractivity contribution < 1.29 is 14.3 Å². The van der Waals surface area contributed by atoms with E-state index in [-0.39, 0.29) is 5.91 Å². The van der Waals surface area contributed by atoms with Gasteiger partial charge in [0.2, 0.25) is 5.91 Å². The molecular formula is C18H18ClNO3. The van der Waals surface area contributed by atoms with Crippen LogP contribution in [0.15, 0.2) is 36.4 Å². The SMILES string of the molecule is Cc1ccc(CC(=O)Nc2cc3c(cc2Cl)OCCCO3)cc1. The summed E-state index contributed by atoms with van der Waals surface area (Å²) in [5.74, 6) is 1.10. The molecule has 0 aliphatic carbocycles. The summed E-state index contributed by atoms with van der Waals surface area (Å²) in [5.41, 5.74) is 2.66. The molecule has 2 aromatic carbocycles. The Hall–Kier alpha value is -2.20. The van der Waals surface area contributed by atoms with Gasteiger partial charge in [0.25, 0.3) is 0 Å². The normalized spacial score (nSPS) is 13.3. The summed E-state index contributed by atoms with van der Waals surface area (Å²) in [6, 6.07) is 11.3. The van der Waals surface area contributed by atoms with Crippen LogP contribution in [-0.4, -0.2) is 19.1 Å². The molecule has 1 heterocycles. The van der Waals surface area contributed by atoms with Crippen LogP contribution in [0.4, 0.5) is 5.69 Å². The molecule has 1 aliphatic rings. The minimum atomic E-state index is -0.120. The average Bonchev–Trinajstić information content (AvgIpc) is 2.75. The third-order valence-electron chi connectivity index (χ3n) is 3.60. The van der Waals surface area contributed by atoms with Crippen molar-refractivity contribution in [1.82, 2.24) is 0 Å². The van der Waals surface area contributed by atoms with E-state index >= 15 is 0 Å². The molecule has 1 N–H and O–H groups in total. The number of hydrogen-bond acceptors (Lipinski definition) is 3. The maximum Gasteiger partial charge on any atom is 0.228 e. The number of anilines is 1. The van der Waals surface area contributed by atoms with Crippen LogP contribution in [0.3, 0.4) is 0 Å². The number of carbonyl (C=O) groups is 1. The van der Waals surface area contributed by atoms with Gasteiger partial charge in [0, 0.05) is 18.6 Å². The molecule has 3 rings (SSSR count). The van der Waals surface area contributed by atoms with Gasteiger partial charge in [-0.2, -0.15) is 0 Å². The van der Waals surface area contributed by atoms with Crippen LogP contribution in [0.25, 0.3) is 0 Å². The standard InChI is InChI=1S/C18H18ClNO3/c1-12-3-5-13(6-4-12)9-18(21)20-15-11-17-16(10-14(15)19)22-7-2-8-23-17/h3-6,10-11H,2,7-9H2,1H3,(H,20,21). The molecule has 0 saturated carbocycles. The summed E-state index contributed by atoms with van der Waals surface area (Å²) in [6.07, 6.45) is 1.12. The van der Waals surface area contributed by atoms with Crippen molar-refractivity contribution in [1.29, 1.82) is 0 Å². The van der Waals surface area contributed by atoms with Crippen LogP contribution in [0.2, 0.25) is 5.02 Å². The maximum absolute atomic E-state index is 12.2. The number of aryl methyl sites for hydroxylation is 1. The summed E-state index contributed by atoms with van der Waals surface area (Å²) >= 11 is 6.23. The van der Waals surface area contributed by atoms with Crippen LogP contribution in [-0.2, 0) is 11.2 Å². The molecule has 0 bridgehead atoms. The lowest BCUT2D eigenvalue weighted by molar-refractivity contribution is -0.115. The Labute approximate surface area is 140 Å². The molecule has 0 saturated heterocycles. The molecular weight excluding hydrogens is 314 g/mol. The second-order valence-electron chi connectivity index (χ2n) is 5.54. The number of rotatable bonds is 3. The van der Waals surface area contributed by atoms with Gasteiger partial charge in [0.1, 0.15) is 0 Å². The van der Waals surface area contributed by atoms with Gasteiger partial charge in [0.05, 0.1) is 30.3 Å². The van der Waals surface area contributed by atoms with Crippen LogP contribution >= 0.6 is 11.6 Å². The van der Waals surface area contributed by atoms with Gasteiger partial charge < -0.3 is 14.8 Å². The Balaban J connectivity index is 1.73. The second-order valence-corrected chi connectivity index (χ2v) is 5.95. The largest absolute Gasteiger partial charge is 0.490 e. The zero-order chi connectivity index (χ0) is 16.2. The van der Waals surface area contributed by atoms with E-state index in [2.05, 4.69) is 5.32 Å². The first kappa shape index (κ1) is 15.7. The third kappa shape index (κ3) is 3.96. The quantitative estimate of drug-likeness (QED) is 0.925. The molecule has 1 amide bonds. The number of halogens is 1. The minimum Gasteiger partial charge on any atom is -0.490 e. The number of fused-ring (bicyclic) bond motifs is 1. The predicted molar refractivity (Wildman–Crippen MR) is 90.6 cm³/mol. The van der Waals surface area contributed by atoms with Crippen molar-refractivity contribution in [2.24, 2.45) is 0 Å². The summed E-state index contributed by atoms with van der Waals surface area (Å²) in [7, 11) is 0. The summed E-state index contributed by atoms with van der Waals surface area (Å²) < 4.78 is 11.2. The highest BCUT2D eigenvalue weighted by atomic mass is 35.5. The van der Waals surface area contributed by atoms with Gasteiger partial charge in [0.15, 0.2) is 11.5 Å². The van der Waals surface area contributed by atoms with Crippen molar-refractivity contribution in [3.05, 3.63) is 52.5 Å². The first-order valence-electron chi connectivity index (χ1n) is 7.56. The van der Waals surface area contributed by atoms with Crippen molar-refractivity contribution in [2.75, 3.05) is 18.5 Å². The highest BCUT2D eigenvalue weighted by Gasteiger charge is 2.15. The van der Waals surface area contributed by atoms with Gasteiger partial charge in [-0.05, 0) is 12.5 Å². The van der Waals surface area contributed by atoms with E-state index < -0.39 is 0 Å². The van der Waals surface area contributed by atoms with E-state index in [0.29, 0.717) is 41.8 Å². The minimum absolute atomic E-state index is 0.120. The molecule has 23 heavy (non-hydrogen) atoms. The van der Waals surface area contributed by atoms with Crippen LogP contribution < -0.4 is 14.8 Å². The lowest BCUT2D eigenvalue weighted by Crippen LogP contribution is -2.14. The highest BCUT2D eigenvalue weighted by Crippen LogP contribution is 2.37. The Kier molecular flexibility index (Phi) is 4.72. The van der Waals surface area contributed by atoms with Gasteiger partial charge in [-0.1, -0.05) is 41.4 Å². The number of amides is 1. The van der Waals surface area contributed by atoms with Gasteiger partial charge in [-0.15, -0.1) is 0 Å². The number of hydrogen-bond donors (Lipinski definition) is 1. The summed E-state index contributed by atoms with van der Waals surface area (Å²) in [5, 5.41) is 3.27. The Morgan fingerprint density at radius 1 is 1.13 bits per heavy atom. The van der Waals surface area contributed by atoms with Gasteiger partial charge in [-0.25, -0.2) is 0 Å². The fraction of sp³-hybridized carbons (Fsp3) is 0.278. The van der Waals surface area contributed by atoms with E-state index in [1.165, 1.54) is 5.56 Å². The second kappa shape index (κ2) is 6.92. The lowest BCUT2D eigenvalue weighted by Gasteiger charge is -2.12. The summed E-state index contributed by atoms with van der Waals surface area (Å²) in [4.78, 5) is 12.2. The molecule has 0 aromatic heterocycles. The molecule has 0 fully saturated rings. The summed E-state index contributed by atoms with van der Waals surface area (Å²) in [6.45, 7) is 3.20. The Morgan fingerprint density at radius 3 is 2.48 bits per heavy atom. The molecule has 5 heteroatoms. The Morgan fingerprint density at radius 2 is 1.78 bits per heavy atom. The predicted octanol–water partition coefficient (Wildman–Crippen LogP) is 3.99. The zero-order valence-electron chi connectivity index (χ0n) is 12.9. The van der Waals surface area contributed by atoms with E-state index in [0.717, 1.165) is 12.0 Å². The fourth-order valence-corrected chi connectivity index (χ4v) is 2.57. The van der Waals surface area contributed by atoms with E-state index in [9.17, 15) is 4.79 Å². The smallest absolute Gasteiger partial charge is 0.228 e. The van der Waals surface area contributed by atoms with E-state index in [1.54, 1.807) is 12.1 Å². The third-order valence-corrected chi connectivity index (χ3v) is 3.91. The topological polar surface area (TPSA) is 47.6 Å². The van der Waals surface area contributed by atoms with Crippen LogP contribution in [0.5, 0.6) is 11.5 Å². The van der Waals surface area contributed by atoms with Crippen molar-refractivity contribution >= 4 is 23.2 Å². The van der Waals surface area contributed by atoms with Crippen molar-refractivity contribution in [3.63, 3.8) is 0 Å². The molecule has 0 radical (unpaired) electrons. The fourth-order valence-electron chi connectivity index (χ4n) is 2.37. The molecule has 0 unspecified atom stereocenters. The molecule has 0 atom stereocenters.